The SMILES string of the molecule is O=C(O)c1cc(F)c(Br)c(F)c1NC(=O)C(F)(F)F. The number of benzene rings is 1. The number of amides is 1. The summed E-state index contributed by atoms with van der Waals surface area (Å²) < 4.78 is 61.7. The van der Waals surface area contributed by atoms with E-state index in [1.807, 2.05) is 0 Å². The molecule has 0 radical (unpaired) electrons. The zero-order chi connectivity index (χ0) is 15.0. The molecule has 0 aliphatic rings. The van der Waals surface area contributed by atoms with E-state index in [0.29, 0.717) is 0 Å². The van der Waals surface area contributed by atoms with Gasteiger partial charge in [-0.15, -0.1) is 0 Å². The fourth-order valence-electron chi connectivity index (χ4n) is 1.07. The number of carbonyl (C=O) groups excluding carboxylic acids is 1. The van der Waals surface area contributed by atoms with E-state index in [-0.39, 0.29) is 6.07 Å². The van der Waals surface area contributed by atoms with Gasteiger partial charge in [0, 0.05) is 0 Å². The van der Waals surface area contributed by atoms with Crippen LogP contribution in [-0.4, -0.2) is 23.2 Å². The first-order chi connectivity index (χ1) is 8.55. The third-order valence-corrected chi connectivity index (χ3v) is 2.62. The van der Waals surface area contributed by atoms with Gasteiger partial charge in [0.05, 0.1) is 15.7 Å². The minimum Gasteiger partial charge on any atom is -0.478 e. The fourth-order valence-corrected chi connectivity index (χ4v) is 1.38. The summed E-state index contributed by atoms with van der Waals surface area (Å²) in [6.07, 6.45) is -5.34. The number of rotatable bonds is 2. The van der Waals surface area contributed by atoms with Crippen LogP contribution >= 0.6 is 15.9 Å². The van der Waals surface area contributed by atoms with E-state index in [9.17, 15) is 31.5 Å². The highest BCUT2D eigenvalue weighted by Crippen LogP contribution is 2.31. The summed E-state index contributed by atoms with van der Waals surface area (Å²) in [6.45, 7) is 0. The number of carboxylic acid groups (broad SMARTS) is 1. The number of hydrogen-bond acceptors (Lipinski definition) is 2. The summed E-state index contributed by atoms with van der Waals surface area (Å²) in [5, 5.41) is 9.69. The van der Waals surface area contributed by atoms with Crippen LogP contribution in [0.2, 0.25) is 0 Å². The van der Waals surface area contributed by atoms with Gasteiger partial charge < -0.3 is 10.4 Å². The molecule has 0 bridgehead atoms. The second-order valence-electron chi connectivity index (χ2n) is 3.17. The zero-order valence-corrected chi connectivity index (χ0v) is 10.2. The lowest BCUT2D eigenvalue weighted by Gasteiger charge is -2.12. The van der Waals surface area contributed by atoms with Gasteiger partial charge in [-0.25, -0.2) is 13.6 Å². The summed E-state index contributed by atoms with van der Waals surface area (Å²) in [5.41, 5.74) is -2.42. The van der Waals surface area contributed by atoms with Gasteiger partial charge in [0.2, 0.25) is 0 Å². The lowest BCUT2D eigenvalue weighted by atomic mass is 10.1. The smallest absolute Gasteiger partial charge is 0.471 e. The first-order valence-corrected chi connectivity index (χ1v) is 5.14. The van der Waals surface area contributed by atoms with Crippen molar-refractivity contribution in [2.45, 2.75) is 6.18 Å². The van der Waals surface area contributed by atoms with Crippen LogP contribution in [-0.2, 0) is 4.79 Å². The van der Waals surface area contributed by atoms with Gasteiger partial charge in [-0.1, -0.05) is 0 Å². The van der Waals surface area contributed by atoms with Gasteiger partial charge >= 0.3 is 18.1 Å². The van der Waals surface area contributed by atoms with Crippen LogP contribution in [0.1, 0.15) is 10.4 Å². The summed E-state index contributed by atoms with van der Waals surface area (Å²) in [4.78, 5) is 21.3. The second kappa shape index (κ2) is 5.11. The summed E-state index contributed by atoms with van der Waals surface area (Å²) in [5.74, 6) is -7.47. The number of carbonyl (C=O) groups is 2. The standard InChI is InChI=1S/C9H3BrF5NO3/c10-4-3(11)1-2(7(17)18)6(5(4)12)16-8(19)9(13,14)15/h1H,(H,16,19)(H,17,18). The van der Waals surface area contributed by atoms with Crippen molar-refractivity contribution in [2.75, 3.05) is 5.32 Å². The topological polar surface area (TPSA) is 66.4 Å². The summed E-state index contributed by atoms with van der Waals surface area (Å²) >= 11 is 2.38. The molecule has 0 atom stereocenters. The van der Waals surface area contributed by atoms with Crippen LogP contribution in [0.4, 0.5) is 27.6 Å². The molecule has 0 aromatic heterocycles. The second-order valence-corrected chi connectivity index (χ2v) is 3.96. The van der Waals surface area contributed by atoms with E-state index >= 15 is 0 Å². The molecule has 1 aromatic carbocycles. The highest BCUT2D eigenvalue weighted by atomic mass is 79.9. The van der Waals surface area contributed by atoms with Gasteiger partial charge in [-0.05, 0) is 22.0 Å². The van der Waals surface area contributed by atoms with Crippen molar-refractivity contribution in [3.63, 3.8) is 0 Å². The fraction of sp³-hybridized carbons (Fsp3) is 0.111. The number of hydrogen-bond donors (Lipinski definition) is 2. The first-order valence-electron chi connectivity index (χ1n) is 4.34. The monoisotopic (exact) mass is 347 g/mol. The van der Waals surface area contributed by atoms with Crippen LogP contribution in [0.15, 0.2) is 10.5 Å². The Morgan fingerprint density at radius 3 is 2.21 bits per heavy atom. The van der Waals surface area contributed by atoms with Crippen LogP contribution in [0, 0.1) is 11.6 Å². The normalized spacial score (nSPS) is 11.3. The van der Waals surface area contributed by atoms with Crippen LogP contribution in [0.25, 0.3) is 0 Å². The van der Waals surface area contributed by atoms with Gasteiger partial charge in [-0.2, -0.15) is 13.2 Å². The molecule has 1 amide bonds. The number of nitrogens with one attached hydrogen (secondary N) is 1. The number of aromatic carboxylic acids is 1. The number of alkyl halides is 3. The van der Waals surface area contributed by atoms with E-state index in [1.54, 1.807) is 0 Å². The molecule has 104 valence electrons. The lowest BCUT2D eigenvalue weighted by Crippen LogP contribution is -2.31. The van der Waals surface area contributed by atoms with Gasteiger partial charge in [0.25, 0.3) is 0 Å². The molecule has 1 aromatic rings. The molecule has 4 nitrogen and oxygen atoms in total. The maximum Gasteiger partial charge on any atom is 0.471 e. The Morgan fingerprint density at radius 2 is 1.79 bits per heavy atom. The van der Waals surface area contributed by atoms with E-state index < -0.39 is 45.4 Å². The summed E-state index contributed by atoms with van der Waals surface area (Å²) in [6, 6.07) is 0.279. The Morgan fingerprint density at radius 1 is 1.26 bits per heavy atom. The first kappa shape index (κ1) is 15.3. The minimum atomic E-state index is -5.34. The molecule has 0 spiro atoms. The minimum absolute atomic E-state index is 0.279. The Labute approximate surface area is 110 Å². The quantitative estimate of drug-likeness (QED) is 0.638. The molecule has 0 aliphatic carbocycles. The Hall–Kier alpha value is -1.71. The van der Waals surface area contributed by atoms with Crippen molar-refractivity contribution in [1.82, 2.24) is 0 Å². The highest BCUT2D eigenvalue weighted by Gasteiger charge is 2.40. The third kappa shape index (κ3) is 3.19. The molecule has 0 unspecified atom stereocenters. The van der Waals surface area contributed by atoms with E-state index in [4.69, 9.17) is 5.11 Å². The predicted molar refractivity (Wildman–Crippen MR) is 55.7 cm³/mol. The Balaban J connectivity index is 3.37. The molecule has 0 heterocycles. The molecule has 10 heteroatoms. The molecule has 19 heavy (non-hydrogen) atoms. The van der Waals surface area contributed by atoms with Crippen LogP contribution < -0.4 is 5.32 Å². The van der Waals surface area contributed by atoms with Crippen molar-refractivity contribution in [1.29, 1.82) is 0 Å². The van der Waals surface area contributed by atoms with Crippen LogP contribution in [0.3, 0.4) is 0 Å². The van der Waals surface area contributed by atoms with E-state index in [2.05, 4.69) is 15.9 Å². The average Bonchev–Trinajstić information content (AvgIpc) is 2.27. The number of anilines is 1. The third-order valence-electron chi connectivity index (χ3n) is 1.89. The van der Waals surface area contributed by atoms with E-state index in [1.165, 1.54) is 0 Å². The van der Waals surface area contributed by atoms with Gasteiger partial charge in [0.1, 0.15) is 5.82 Å². The molecule has 0 saturated heterocycles. The van der Waals surface area contributed by atoms with Crippen molar-refractivity contribution in [2.24, 2.45) is 0 Å². The van der Waals surface area contributed by atoms with Crippen molar-refractivity contribution >= 4 is 33.5 Å². The van der Waals surface area contributed by atoms with Crippen molar-refractivity contribution in [3.8, 4) is 0 Å². The largest absolute Gasteiger partial charge is 0.478 e. The summed E-state index contributed by atoms with van der Waals surface area (Å²) in [7, 11) is 0. The molecule has 1 rings (SSSR count). The molecular weight excluding hydrogens is 345 g/mol. The molecular formula is C9H3BrF5NO3. The van der Waals surface area contributed by atoms with Gasteiger partial charge in [0.15, 0.2) is 5.82 Å². The number of halogens is 6. The van der Waals surface area contributed by atoms with Crippen molar-refractivity contribution < 1.29 is 36.6 Å². The molecule has 0 saturated carbocycles. The molecule has 0 aliphatic heterocycles. The van der Waals surface area contributed by atoms with Crippen LogP contribution in [0.5, 0.6) is 0 Å². The highest BCUT2D eigenvalue weighted by molar-refractivity contribution is 9.10. The Bertz CT molecular complexity index is 558. The predicted octanol–water partition coefficient (Wildman–Crippen LogP) is 2.93. The van der Waals surface area contributed by atoms with Gasteiger partial charge in [-0.3, -0.25) is 4.79 Å². The number of carboxylic acids is 1. The zero-order valence-electron chi connectivity index (χ0n) is 8.61. The Kier molecular flexibility index (Phi) is 4.13. The van der Waals surface area contributed by atoms with E-state index in [0.717, 1.165) is 5.32 Å². The maximum atomic E-state index is 13.5. The molecule has 2 N–H and O–H groups in total. The maximum absolute atomic E-state index is 13.5. The van der Waals surface area contributed by atoms with Crippen molar-refractivity contribution in [3.05, 3.63) is 27.7 Å². The average molecular weight is 348 g/mol. The molecule has 0 fully saturated rings. The lowest BCUT2D eigenvalue weighted by molar-refractivity contribution is -0.167.